The van der Waals surface area contributed by atoms with Crippen molar-refractivity contribution in [2.45, 2.75) is 19.3 Å². The second-order valence-corrected chi connectivity index (χ2v) is 3.45. The van der Waals surface area contributed by atoms with Crippen LogP contribution in [0.5, 0.6) is 0 Å². The van der Waals surface area contributed by atoms with Gasteiger partial charge >= 0.3 is 5.97 Å². The number of hydrogen-bond acceptors (Lipinski definition) is 5. The molecule has 2 N–H and O–H groups in total. The van der Waals surface area contributed by atoms with Crippen LogP contribution in [0.2, 0.25) is 0 Å². The van der Waals surface area contributed by atoms with Crippen LogP contribution >= 0.6 is 0 Å². The molecule has 1 rings (SSSR count). The molecule has 1 aromatic heterocycles. The first-order valence-electron chi connectivity index (χ1n) is 5.11. The van der Waals surface area contributed by atoms with Crippen LogP contribution in [-0.2, 0) is 9.59 Å². The summed E-state index contributed by atoms with van der Waals surface area (Å²) in [7, 11) is 0. The summed E-state index contributed by atoms with van der Waals surface area (Å²) in [6.07, 6.45) is 1.24. The Morgan fingerprint density at radius 2 is 2.11 bits per heavy atom. The van der Waals surface area contributed by atoms with Crippen molar-refractivity contribution in [1.82, 2.24) is 4.98 Å². The fourth-order valence-corrected chi connectivity index (χ4v) is 1.17. The predicted molar refractivity (Wildman–Crippen MR) is 61.0 cm³/mol. The number of pyridine rings is 1. The molecule has 0 unspecified atom stereocenters. The Hall–Kier alpha value is -2.51. The number of carboxylic acids is 1. The first-order valence-corrected chi connectivity index (χ1v) is 5.11. The fraction of sp³-hybridized carbons (Fsp3) is 0.300. The Morgan fingerprint density at radius 3 is 2.61 bits per heavy atom. The maximum atomic E-state index is 11.3. The molecule has 0 saturated carbocycles. The molecule has 0 aliphatic rings. The van der Waals surface area contributed by atoms with Crippen LogP contribution in [0.25, 0.3) is 0 Å². The Bertz CT molecular complexity index is 457. The molecule has 8 heteroatoms. The largest absolute Gasteiger partial charge is 0.481 e. The van der Waals surface area contributed by atoms with E-state index >= 15 is 0 Å². The zero-order chi connectivity index (χ0) is 13.5. The van der Waals surface area contributed by atoms with Crippen molar-refractivity contribution in [2.24, 2.45) is 0 Å². The highest BCUT2D eigenvalue weighted by molar-refractivity contribution is 5.89. The summed E-state index contributed by atoms with van der Waals surface area (Å²) in [6.45, 7) is 0. The van der Waals surface area contributed by atoms with Crippen molar-refractivity contribution in [3.8, 4) is 0 Å². The monoisotopic (exact) mass is 253 g/mol. The minimum atomic E-state index is -0.962. The van der Waals surface area contributed by atoms with E-state index < -0.39 is 10.9 Å². The zero-order valence-corrected chi connectivity index (χ0v) is 9.33. The highest BCUT2D eigenvalue weighted by Gasteiger charge is 2.08. The molecular formula is C10H11N3O5. The van der Waals surface area contributed by atoms with Crippen LogP contribution in [0.1, 0.15) is 19.3 Å². The van der Waals surface area contributed by atoms with Gasteiger partial charge in [0.1, 0.15) is 12.0 Å². The second kappa shape index (κ2) is 6.28. The average molecular weight is 253 g/mol. The van der Waals surface area contributed by atoms with E-state index in [4.69, 9.17) is 5.11 Å². The molecule has 0 aliphatic carbocycles. The van der Waals surface area contributed by atoms with E-state index in [1.807, 2.05) is 0 Å². The SMILES string of the molecule is O=C(O)CCCC(=O)Nc1ccc([N+](=O)[O-])cn1. The van der Waals surface area contributed by atoms with Crippen LogP contribution in [-0.4, -0.2) is 26.9 Å². The van der Waals surface area contributed by atoms with Crippen LogP contribution < -0.4 is 5.32 Å². The van der Waals surface area contributed by atoms with Gasteiger partial charge in [-0.25, -0.2) is 4.98 Å². The maximum absolute atomic E-state index is 11.3. The van der Waals surface area contributed by atoms with E-state index in [1.165, 1.54) is 12.1 Å². The van der Waals surface area contributed by atoms with Gasteiger partial charge in [-0.3, -0.25) is 19.7 Å². The minimum absolute atomic E-state index is 0.0605. The number of carbonyl (C=O) groups is 2. The van der Waals surface area contributed by atoms with Gasteiger partial charge in [-0.15, -0.1) is 0 Å². The summed E-state index contributed by atoms with van der Waals surface area (Å²) >= 11 is 0. The molecule has 0 fully saturated rings. The van der Waals surface area contributed by atoms with Crippen LogP contribution in [0.15, 0.2) is 18.3 Å². The molecule has 8 nitrogen and oxygen atoms in total. The van der Waals surface area contributed by atoms with E-state index in [2.05, 4.69) is 10.3 Å². The number of aromatic nitrogens is 1. The molecule has 0 saturated heterocycles. The van der Waals surface area contributed by atoms with Gasteiger partial charge in [0.15, 0.2) is 0 Å². The van der Waals surface area contributed by atoms with Crippen molar-refractivity contribution in [1.29, 1.82) is 0 Å². The summed E-state index contributed by atoms with van der Waals surface area (Å²) in [5, 5.41) is 21.2. The number of amides is 1. The molecule has 96 valence electrons. The lowest BCUT2D eigenvalue weighted by Gasteiger charge is -2.02. The molecule has 0 aromatic carbocycles. The molecule has 1 aromatic rings. The van der Waals surface area contributed by atoms with Crippen LogP contribution in [0, 0.1) is 10.1 Å². The fourth-order valence-electron chi connectivity index (χ4n) is 1.17. The maximum Gasteiger partial charge on any atom is 0.303 e. The van der Waals surface area contributed by atoms with Gasteiger partial charge in [-0.2, -0.15) is 0 Å². The topological polar surface area (TPSA) is 122 Å². The predicted octanol–water partition coefficient (Wildman–Crippen LogP) is 1.18. The van der Waals surface area contributed by atoms with Gasteiger partial charge < -0.3 is 10.4 Å². The Morgan fingerprint density at radius 1 is 1.39 bits per heavy atom. The summed E-state index contributed by atoms with van der Waals surface area (Å²) in [5.74, 6) is -1.14. The number of carboxylic acid groups (broad SMARTS) is 1. The van der Waals surface area contributed by atoms with E-state index in [1.54, 1.807) is 0 Å². The molecule has 0 atom stereocenters. The number of hydrogen-bond donors (Lipinski definition) is 2. The first kappa shape index (κ1) is 13.6. The van der Waals surface area contributed by atoms with Gasteiger partial charge in [-0.1, -0.05) is 0 Å². The molecule has 18 heavy (non-hydrogen) atoms. The third-order valence-corrected chi connectivity index (χ3v) is 2.02. The summed E-state index contributed by atoms with van der Waals surface area (Å²) in [5.41, 5.74) is -0.168. The van der Waals surface area contributed by atoms with Gasteiger partial charge in [0, 0.05) is 18.9 Å². The van der Waals surface area contributed by atoms with Gasteiger partial charge in [0.2, 0.25) is 5.91 Å². The van der Waals surface area contributed by atoms with E-state index in [9.17, 15) is 19.7 Å². The second-order valence-electron chi connectivity index (χ2n) is 3.45. The molecule has 0 bridgehead atoms. The lowest BCUT2D eigenvalue weighted by molar-refractivity contribution is -0.385. The summed E-state index contributed by atoms with van der Waals surface area (Å²) < 4.78 is 0. The van der Waals surface area contributed by atoms with Crippen molar-refractivity contribution >= 4 is 23.4 Å². The molecule has 1 amide bonds. The summed E-state index contributed by atoms with van der Waals surface area (Å²) in [6, 6.07) is 2.53. The minimum Gasteiger partial charge on any atom is -0.481 e. The highest BCUT2D eigenvalue weighted by atomic mass is 16.6. The smallest absolute Gasteiger partial charge is 0.303 e. The zero-order valence-electron chi connectivity index (χ0n) is 9.33. The quantitative estimate of drug-likeness (QED) is 0.579. The molecule has 0 aliphatic heterocycles. The van der Waals surface area contributed by atoms with E-state index in [-0.39, 0.29) is 36.7 Å². The van der Waals surface area contributed by atoms with Crippen molar-refractivity contribution in [3.63, 3.8) is 0 Å². The average Bonchev–Trinajstić information content (AvgIpc) is 2.29. The van der Waals surface area contributed by atoms with E-state index in [0.717, 1.165) is 6.20 Å². The number of nitrogens with one attached hydrogen (secondary N) is 1. The standard InChI is InChI=1S/C10H11N3O5/c14-9(2-1-3-10(15)16)12-8-5-4-7(6-11-8)13(17)18/h4-6H,1-3H2,(H,15,16)(H,11,12,14). The Labute approximate surface area is 102 Å². The number of aliphatic carboxylic acids is 1. The Kier molecular flexibility index (Phi) is 4.73. The Balaban J connectivity index is 2.44. The molecular weight excluding hydrogens is 242 g/mol. The third-order valence-electron chi connectivity index (χ3n) is 2.02. The number of nitrogens with zero attached hydrogens (tertiary/aromatic N) is 2. The number of carbonyl (C=O) groups excluding carboxylic acids is 1. The van der Waals surface area contributed by atoms with Gasteiger partial charge in [-0.05, 0) is 12.5 Å². The normalized spacial score (nSPS) is 9.78. The molecule has 0 radical (unpaired) electrons. The number of rotatable bonds is 6. The van der Waals surface area contributed by atoms with Crippen molar-refractivity contribution < 1.29 is 19.6 Å². The van der Waals surface area contributed by atoms with Gasteiger partial charge in [0.25, 0.3) is 5.69 Å². The lowest BCUT2D eigenvalue weighted by atomic mass is 10.2. The van der Waals surface area contributed by atoms with Crippen LogP contribution in [0.3, 0.4) is 0 Å². The number of nitro groups is 1. The highest BCUT2D eigenvalue weighted by Crippen LogP contribution is 2.12. The third kappa shape index (κ3) is 4.56. The van der Waals surface area contributed by atoms with Crippen molar-refractivity contribution in [3.05, 3.63) is 28.4 Å². The van der Waals surface area contributed by atoms with Gasteiger partial charge in [0.05, 0.1) is 4.92 Å². The molecule has 1 heterocycles. The number of anilines is 1. The lowest BCUT2D eigenvalue weighted by Crippen LogP contribution is -2.12. The first-order chi connectivity index (χ1) is 8.49. The van der Waals surface area contributed by atoms with Crippen molar-refractivity contribution in [2.75, 3.05) is 5.32 Å². The summed E-state index contributed by atoms with van der Waals surface area (Å²) in [4.78, 5) is 35.0. The van der Waals surface area contributed by atoms with Crippen LogP contribution in [0.4, 0.5) is 11.5 Å². The molecule has 0 spiro atoms. The van der Waals surface area contributed by atoms with E-state index in [0.29, 0.717) is 0 Å².